The van der Waals surface area contributed by atoms with Gasteiger partial charge in [-0.3, -0.25) is 4.79 Å². The average molecular weight is 444 g/mol. The molecule has 0 radical (unpaired) electrons. The Balaban J connectivity index is 1.39. The molecule has 0 spiro atoms. The van der Waals surface area contributed by atoms with Crippen molar-refractivity contribution in [2.24, 2.45) is 0 Å². The Morgan fingerprint density at radius 3 is 2.61 bits per heavy atom. The summed E-state index contributed by atoms with van der Waals surface area (Å²) in [6, 6.07) is 24.8. The summed E-state index contributed by atoms with van der Waals surface area (Å²) in [6.07, 6.45) is 1.92. The molecule has 3 aromatic rings. The van der Waals surface area contributed by atoms with E-state index in [2.05, 4.69) is 10.6 Å². The van der Waals surface area contributed by atoms with E-state index in [0.29, 0.717) is 18.7 Å². The molecule has 0 aliphatic carbocycles. The van der Waals surface area contributed by atoms with Crippen LogP contribution in [0.3, 0.4) is 0 Å². The summed E-state index contributed by atoms with van der Waals surface area (Å²) in [5.41, 5.74) is 3.42. The highest BCUT2D eigenvalue weighted by atomic mass is 16.5. The minimum Gasteiger partial charge on any atom is -0.496 e. The van der Waals surface area contributed by atoms with Gasteiger partial charge in [-0.1, -0.05) is 48.5 Å². The predicted octanol–water partition coefficient (Wildman–Crippen LogP) is 5.04. The zero-order valence-electron chi connectivity index (χ0n) is 18.8. The highest BCUT2D eigenvalue weighted by Crippen LogP contribution is 2.28. The second-order valence-electron chi connectivity index (χ2n) is 8.20. The van der Waals surface area contributed by atoms with Gasteiger partial charge in [0.25, 0.3) is 5.91 Å². The molecule has 6 nitrogen and oxygen atoms in total. The van der Waals surface area contributed by atoms with E-state index < -0.39 is 0 Å². The van der Waals surface area contributed by atoms with Crippen LogP contribution in [0.2, 0.25) is 0 Å². The van der Waals surface area contributed by atoms with Crippen LogP contribution in [0, 0.1) is 0 Å². The predicted molar refractivity (Wildman–Crippen MR) is 130 cm³/mol. The lowest BCUT2D eigenvalue weighted by molar-refractivity contribution is 0.0950. The molecule has 2 N–H and O–H groups in total. The van der Waals surface area contributed by atoms with Gasteiger partial charge < -0.3 is 20.3 Å². The Morgan fingerprint density at radius 1 is 1.00 bits per heavy atom. The van der Waals surface area contributed by atoms with Crippen LogP contribution < -0.4 is 15.4 Å². The number of para-hydroxylation sites is 2. The van der Waals surface area contributed by atoms with Crippen molar-refractivity contribution in [3.8, 4) is 5.75 Å². The van der Waals surface area contributed by atoms with Crippen LogP contribution in [0.5, 0.6) is 5.75 Å². The number of nitrogens with zero attached hydrogens (tertiary/aromatic N) is 1. The first-order valence-corrected chi connectivity index (χ1v) is 11.2. The molecule has 6 heteroatoms. The van der Waals surface area contributed by atoms with Gasteiger partial charge in [-0.25, -0.2) is 4.79 Å². The van der Waals surface area contributed by atoms with Crippen molar-refractivity contribution in [3.05, 3.63) is 95.6 Å². The number of likely N-dealkylation sites (tertiary alicyclic amines) is 1. The van der Waals surface area contributed by atoms with Gasteiger partial charge in [-0.15, -0.1) is 0 Å². The molecule has 0 unspecified atom stereocenters. The smallest absolute Gasteiger partial charge is 0.321 e. The fraction of sp³-hybridized carbons (Fsp3) is 0.259. The number of urea groups is 1. The van der Waals surface area contributed by atoms with Crippen LogP contribution in [0.15, 0.2) is 78.9 Å². The number of carbonyl (C=O) groups excluding carboxylic acids is 2. The maximum atomic E-state index is 12.8. The number of rotatable bonds is 6. The molecule has 170 valence electrons. The number of methoxy groups -OCH3 is 1. The standard InChI is InChI=1S/C27H29N3O3/c1-33-25-15-6-5-9-22(25)18-28-26(31)21-11-7-10-20(17-21)23-12-8-16-30(19-23)27(32)29-24-13-3-2-4-14-24/h2-7,9-11,13-15,17,23H,8,12,16,18-19H2,1H3,(H,28,31)(H,29,32)/t23-/m1/s1. The third-order valence-corrected chi connectivity index (χ3v) is 5.99. The molecule has 1 heterocycles. The van der Waals surface area contributed by atoms with Gasteiger partial charge in [-0.05, 0) is 48.7 Å². The van der Waals surface area contributed by atoms with E-state index in [1.807, 2.05) is 83.8 Å². The topological polar surface area (TPSA) is 70.7 Å². The number of carbonyl (C=O) groups is 2. The van der Waals surface area contributed by atoms with Gasteiger partial charge in [0, 0.05) is 42.4 Å². The third kappa shape index (κ3) is 5.71. The number of hydrogen-bond acceptors (Lipinski definition) is 3. The Hall–Kier alpha value is -3.80. The van der Waals surface area contributed by atoms with Crippen molar-refractivity contribution in [3.63, 3.8) is 0 Å². The minimum absolute atomic E-state index is 0.0865. The van der Waals surface area contributed by atoms with Gasteiger partial charge in [0.05, 0.1) is 7.11 Å². The largest absolute Gasteiger partial charge is 0.496 e. The maximum Gasteiger partial charge on any atom is 0.321 e. The Labute approximate surface area is 194 Å². The van der Waals surface area contributed by atoms with Gasteiger partial charge in [0.15, 0.2) is 0 Å². The fourth-order valence-corrected chi connectivity index (χ4v) is 4.22. The Morgan fingerprint density at radius 2 is 1.79 bits per heavy atom. The van der Waals surface area contributed by atoms with Crippen molar-refractivity contribution >= 4 is 17.6 Å². The average Bonchev–Trinajstić information content (AvgIpc) is 2.88. The SMILES string of the molecule is COc1ccccc1CNC(=O)c1cccc([C@@H]2CCCN(C(=O)Nc3ccccc3)C2)c1. The minimum atomic E-state index is -0.128. The molecule has 1 atom stereocenters. The fourth-order valence-electron chi connectivity index (χ4n) is 4.22. The number of hydrogen-bond donors (Lipinski definition) is 2. The number of benzene rings is 3. The lowest BCUT2D eigenvalue weighted by Gasteiger charge is -2.33. The van der Waals surface area contributed by atoms with Crippen molar-refractivity contribution in [2.45, 2.75) is 25.3 Å². The molecule has 0 saturated carbocycles. The highest BCUT2D eigenvalue weighted by molar-refractivity contribution is 5.94. The lowest BCUT2D eigenvalue weighted by Crippen LogP contribution is -2.41. The summed E-state index contributed by atoms with van der Waals surface area (Å²) in [4.78, 5) is 27.4. The van der Waals surface area contributed by atoms with E-state index in [1.54, 1.807) is 7.11 Å². The third-order valence-electron chi connectivity index (χ3n) is 5.99. The first-order chi connectivity index (χ1) is 16.1. The quantitative estimate of drug-likeness (QED) is 0.561. The van der Waals surface area contributed by atoms with Crippen molar-refractivity contribution in [2.75, 3.05) is 25.5 Å². The Kier molecular flexibility index (Phi) is 7.25. The normalized spacial score (nSPS) is 15.5. The lowest BCUT2D eigenvalue weighted by atomic mass is 9.89. The van der Waals surface area contributed by atoms with Crippen LogP contribution in [0.1, 0.15) is 40.2 Å². The van der Waals surface area contributed by atoms with E-state index in [1.165, 1.54) is 0 Å². The van der Waals surface area contributed by atoms with E-state index in [-0.39, 0.29) is 17.9 Å². The van der Waals surface area contributed by atoms with E-state index >= 15 is 0 Å². The molecule has 0 aromatic heterocycles. The van der Waals surface area contributed by atoms with Gasteiger partial charge in [0.2, 0.25) is 0 Å². The van der Waals surface area contributed by atoms with Crippen LogP contribution in [0.25, 0.3) is 0 Å². The molecule has 33 heavy (non-hydrogen) atoms. The van der Waals surface area contributed by atoms with Crippen LogP contribution in [0.4, 0.5) is 10.5 Å². The molecule has 1 saturated heterocycles. The summed E-state index contributed by atoms with van der Waals surface area (Å²) < 4.78 is 5.36. The monoisotopic (exact) mass is 443 g/mol. The maximum absolute atomic E-state index is 12.8. The zero-order valence-corrected chi connectivity index (χ0v) is 18.8. The molecule has 0 bridgehead atoms. The van der Waals surface area contributed by atoms with Crippen molar-refractivity contribution in [1.29, 1.82) is 0 Å². The molecule has 3 aromatic carbocycles. The van der Waals surface area contributed by atoms with Crippen molar-refractivity contribution in [1.82, 2.24) is 10.2 Å². The first kappa shape index (κ1) is 22.4. The summed E-state index contributed by atoms with van der Waals surface area (Å²) in [5.74, 6) is 0.821. The summed E-state index contributed by atoms with van der Waals surface area (Å²) >= 11 is 0. The summed E-state index contributed by atoms with van der Waals surface area (Å²) in [6.45, 7) is 1.75. The van der Waals surface area contributed by atoms with Gasteiger partial charge in [0.1, 0.15) is 5.75 Å². The summed E-state index contributed by atoms with van der Waals surface area (Å²) in [5, 5.41) is 5.95. The molecular formula is C27H29N3O3. The number of piperidine rings is 1. The molecule has 1 fully saturated rings. The molecular weight excluding hydrogens is 414 g/mol. The molecule has 1 aliphatic rings. The molecule has 3 amide bonds. The second kappa shape index (κ2) is 10.7. The summed E-state index contributed by atoms with van der Waals surface area (Å²) in [7, 11) is 1.62. The number of anilines is 1. The van der Waals surface area contributed by atoms with Crippen LogP contribution >= 0.6 is 0 Å². The highest BCUT2D eigenvalue weighted by Gasteiger charge is 2.25. The first-order valence-electron chi connectivity index (χ1n) is 11.2. The van der Waals surface area contributed by atoms with E-state index in [4.69, 9.17) is 4.74 Å². The Bertz CT molecular complexity index is 1100. The van der Waals surface area contributed by atoms with Crippen LogP contribution in [-0.4, -0.2) is 37.0 Å². The van der Waals surface area contributed by atoms with Gasteiger partial charge in [-0.2, -0.15) is 0 Å². The van der Waals surface area contributed by atoms with Crippen molar-refractivity contribution < 1.29 is 14.3 Å². The molecule has 4 rings (SSSR count). The number of ether oxygens (including phenoxy) is 1. The van der Waals surface area contributed by atoms with E-state index in [0.717, 1.165) is 42.0 Å². The second-order valence-corrected chi connectivity index (χ2v) is 8.20. The van der Waals surface area contributed by atoms with Crippen LogP contribution in [-0.2, 0) is 6.54 Å². The van der Waals surface area contributed by atoms with Gasteiger partial charge >= 0.3 is 6.03 Å². The zero-order chi connectivity index (χ0) is 23.0. The molecule has 1 aliphatic heterocycles. The number of amides is 3. The number of nitrogens with one attached hydrogen (secondary N) is 2. The van der Waals surface area contributed by atoms with E-state index in [9.17, 15) is 9.59 Å².